The molecule has 9 nitrogen and oxygen atoms in total. The van der Waals surface area contributed by atoms with Crippen LogP contribution in [0.3, 0.4) is 0 Å². The summed E-state index contributed by atoms with van der Waals surface area (Å²) < 4.78 is 62.0. The Bertz CT molecular complexity index is 1330. The van der Waals surface area contributed by atoms with Crippen molar-refractivity contribution in [2.75, 3.05) is 31.0 Å². The maximum atomic E-state index is 13.6. The molecule has 1 N–H and O–H groups in total. The fourth-order valence-electron chi connectivity index (χ4n) is 3.28. The number of amides is 3. The standard InChI is InChI=1S/C22H24N2O7S/c1-5-31-19-11-14(9-10-18(19)30-3)17(12-32(4,28)29)24-21(26)15-7-6-8-16(23-13(2)25)20(15)22(24)27/h6-11,17H,5,12H2,1-4H3,(H,23,25)/t17-/m1/s1/i12D2,17D. The van der Waals surface area contributed by atoms with E-state index in [1.54, 1.807) is 6.92 Å². The zero-order chi connectivity index (χ0) is 26.3. The minimum atomic E-state index is -4.69. The number of sulfone groups is 1. The van der Waals surface area contributed by atoms with Gasteiger partial charge in [-0.3, -0.25) is 19.3 Å². The molecule has 2 aromatic rings. The number of hydrogen-bond donors (Lipinski definition) is 1. The highest BCUT2D eigenvalue weighted by atomic mass is 32.2. The van der Waals surface area contributed by atoms with E-state index in [1.165, 1.54) is 44.4 Å². The predicted molar refractivity (Wildman–Crippen MR) is 118 cm³/mol. The fraction of sp³-hybridized carbons (Fsp3) is 0.318. The van der Waals surface area contributed by atoms with Crippen LogP contribution in [0, 0.1) is 0 Å². The summed E-state index contributed by atoms with van der Waals surface area (Å²) in [5.41, 5.74) is -4.30. The summed E-state index contributed by atoms with van der Waals surface area (Å²) >= 11 is 0. The van der Waals surface area contributed by atoms with Crippen molar-refractivity contribution < 1.29 is 36.4 Å². The largest absolute Gasteiger partial charge is 0.493 e. The number of hydrogen-bond acceptors (Lipinski definition) is 7. The van der Waals surface area contributed by atoms with Gasteiger partial charge in [0.2, 0.25) is 5.91 Å². The van der Waals surface area contributed by atoms with Crippen LogP contribution in [-0.2, 0) is 14.6 Å². The van der Waals surface area contributed by atoms with Gasteiger partial charge in [-0.05, 0) is 36.8 Å². The first-order chi connectivity index (χ1) is 16.2. The van der Waals surface area contributed by atoms with Crippen molar-refractivity contribution in [2.24, 2.45) is 0 Å². The van der Waals surface area contributed by atoms with Crippen LogP contribution in [0.5, 0.6) is 11.5 Å². The number of nitrogens with one attached hydrogen (secondary N) is 1. The van der Waals surface area contributed by atoms with Crippen LogP contribution < -0.4 is 14.8 Å². The lowest BCUT2D eigenvalue weighted by Crippen LogP contribution is -2.37. The Labute approximate surface area is 190 Å². The van der Waals surface area contributed by atoms with E-state index in [9.17, 15) is 22.8 Å². The number of ether oxygens (including phenoxy) is 2. The summed E-state index contributed by atoms with van der Waals surface area (Å²) in [5.74, 6) is -2.48. The van der Waals surface area contributed by atoms with Gasteiger partial charge < -0.3 is 14.8 Å². The van der Waals surface area contributed by atoms with Gasteiger partial charge in [-0.25, -0.2) is 8.42 Å². The lowest BCUT2D eigenvalue weighted by molar-refractivity contribution is -0.114. The van der Waals surface area contributed by atoms with Crippen LogP contribution in [0.1, 0.15) is 50.3 Å². The molecule has 1 heterocycles. The van der Waals surface area contributed by atoms with Crippen LogP contribution in [0.2, 0.25) is 0 Å². The number of methoxy groups -OCH3 is 1. The number of anilines is 1. The minimum Gasteiger partial charge on any atom is -0.493 e. The first kappa shape index (κ1) is 19.3. The molecule has 0 aromatic heterocycles. The zero-order valence-corrected chi connectivity index (χ0v) is 18.7. The van der Waals surface area contributed by atoms with Gasteiger partial charge in [0.15, 0.2) is 11.5 Å². The number of fused-ring (bicyclic) bond motifs is 1. The van der Waals surface area contributed by atoms with Crippen molar-refractivity contribution in [1.82, 2.24) is 4.90 Å². The minimum absolute atomic E-state index is 0.0251. The van der Waals surface area contributed by atoms with Crippen LogP contribution in [0.4, 0.5) is 5.69 Å². The molecule has 0 radical (unpaired) electrons. The van der Waals surface area contributed by atoms with Gasteiger partial charge in [0.05, 0.1) is 43.6 Å². The van der Waals surface area contributed by atoms with Gasteiger partial charge in [0.1, 0.15) is 9.84 Å². The number of imide groups is 1. The summed E-state index contributed by atoms with van der Waals surface area (Å²) in [4.78, 5) is 38.9. The van der Waals surface area contributed by atoms with E-state index < -0.39 is 39.3 Å². The quantitative estimate of drug-likeness (QED) is 0.597. The molecule has 0 fully saturated rings. The van der Waals surface area contributed by atoms with Crippen LogP contribution in [0.15, 0.2) is 36.4 Å². The molecular formula is C22H24N2O7S. The molecule has 0 saturated heterocycles. The third-order valence-electron chi connectivity index (χ3n) is 4.47. The SMILES string of the molecule is [2H]C([2H])([C@]([2H])(c1ccc(OC)c(OCC)c1)N1C(=O)c2cccc(NC(C)=O)c2C1=O)S(C)(=O)=O. The van der Waals surface area contributed by atoms with Crippen LogP contribution >= 0.6 is 0 Å². The fourth-order valence-corrected chi connectivity index (χ4v) is 3.84. The zero-order valence-electron chi connectivity index (χ0n) is 20.9. The molecule has 3 amide bonds. The van der Waals surface area contributed by atoms with E-state index in [-0.39, 0.29) is 45.4 Å². The van der Waals surface area contributed by atoms with Gasteiger partial charge in [-0.1, -0.05) is 12.1 Å². The average molecular weight is 464 g/mol. The van der Waals surface area contributed by atoms with E-state index in [1.807, 2.05) is 0 Å². The Balaban J connectivity index is 2.34. The van der Waals surface area contributed by atoms with Gasteiger partial charge in [-0.2, -0.15) is 0 Å². The van der Waals surface area contributed by atoms with Gasteiger partial charge in [0, 0.05) is 15.9 Å². The molecule has 1 atom stereocenters. The van der Waals surface area contributed by atoms with E-state index in [0.717, 1.165) is 6.07 Å². The number of carbonyl (C=O) groups is 3. The molecule has 2 aromatic carbocycles. The van der Waals surface area contributed by atoms with Crippen molar-refractivity contribution in [2.45, 2.75) is 19.9 Å². The number of carbonyl (C=O) groups excluding carboxylic acids is 3. The number of rotatable bonds is 8. The molecule has 0 spiro atoms. The second kappa shape index (κ2) is 8.99. The maximum Gasteiger partial charge on any atom is 0.264 e. The molecule has 32 heavy (non-hydrogen) atoms. The number of benzene rings is 2. The van der Waals surface area contributed by atoms with E-state index in [2.05, 4.69) is 5.32 Å². The molecule has 170 valence electrons. The second-order valence-electron chi connectivity index (χ2n) is 6.88. The molecule has 1 aliphatic heterocycles. The Morgan fingerprint density at radius 1 is 1.22 bits per heavy atom. The highest BCUT2D eigenvalue weighted by Gasteiger charge is 2.43. The molecular weight excluding hydrogens is 436 g/mol. The molecule has 0 bridgehead atoms. The first-order valence-corrected chi connectivity index (χ1v) is 11.4. The first-order valence-electron chi connectivity index (χ1n) is 11.0. The lowest BCUT2D eigenvalue weighted by atomic mass is 10.1. The highest BCUT2D eigenvalue weighted by Crippen LogP contribution is 2.38. The maximum absolute atomic E-state index is 13.6. The lowest BCUT2D eigenvalue weighted by Gasteiger charge is -2.27. The Hall–Kier alpha value is -3.40. The van der Waals surface area contributed by atoms with Crippen molar-refractivity contribution in [1.29, 1.82) is 0 Å². The van der Waals surface area contributed by atoms with Crippen LogP contribution in [0.25, 0.3) is 0 Å². The Kier molecular flexibility index (Phi) is 5.42. The molecule has 0 saturated carbocycles. The third-order valence-corrected chi connectivity index (χ3v) is 5.03. The highest BCUT2D eigenvalue weighted by molar-refractivity contribution is 7.90. The third kappa shape index (κ3) is 4.59. The Morgan fingerprint density at radius 3 is 2.53 bits per heavy atom. The van der Waals surface area contributed by atoms with Crippen molar-refractivity contribution >= 4 is 33.2 Å². The molecule has 3 rings (SSSR count). The van der Waals surface area contributed by atoms with E-state index in [4.69, 9.17) is 13.6 Å². The molecule has 10 heteroatoms. The molecule has 0 aliphatic carbocycles. The summed E-state index contributed by atoms with van der Waals surface area (Å²) in [5, 5.41) is 2.43. The van der Waals surface area contributed by atoms with Crippen LogP contribution in [-0.4, -0.2) is 56.7 Å². The Morgan fingerprint density at radius 2 is 1.94 bits per heavy atom. The monoisotopic (exact) mass is 463 g/mol. The summed E-state index contributed by atoms with van der Waals surface area (Å²) in [6.45, 7) is 3.03. The van der Waals surface area contributed by atoms with Gasteiger partial charge in [0.25, 0.3) is 11.8 Å². The molecule has 1 aliphatic rings. The normalized spacial score (nSPS) is 17.0. The van der Waals surface area contributed by atoms with Gasteiger partial charge in [-0.15, -0.1) is 0 Å². The average Bonchev–Trinajstić information content (AvgIpc) is 3.03. The van der Waals surface area contributed by atoms with Crippen molar-refractivity contribution in [3.05, 3.63) is 53.1 Å². The second-order valence-corrected chi connectivity index (χ2v) is 8.62. The van der Waals surface area contributed by atoms with Crippen molar-refractivity contribution in [3.63, 3.8) is 0 Å². The molecule has 0 unspecified atom stereocenters. The smallest absolute Gasteiger partial charge is 0.264 e. The van der Waals surface area contributed by atoms with E-state index in [0.29, 0.717) is 6.26 Å². The topological polar surface area (TPSA) is 119 Å². The van der Waals surface area contributed by atoms with E-state index >= 15 is 0 Å². The summed E-state index contributed by atoms with van der Waals surface area (Å²) in [7, 11) is -3.34. The predicted octanol–water partition coefficient (Wildman–Crippen LogP) is 2.43. The summed E-state index contributed by atoms with van der Waals surface area (Å²) in [6, 6.07) is 4.63. The summed E-state index contributed by atoms with van der Waals surface area (Å²) in [6.07, 6.45) is 0.574. The van der Waals surface area contributed by atoms with Crippen molar-refractivity contribution in [3.8, 4) is 11.5 Å². The number of nitrogens with zero attached hydrogens (tertiary/aromatic N) is 1. The van der Waals surface area contributed by atoms with Gasteiger partial charge >= 0.3 is 0 Å².